The number of morpholine rings is 1. The first-order valence-corrected chi connectivity index (χ1v) is 9.67. The fourth-order valence-electron chi connectivity index (χ4n) is 2.91. The second-order valence-corrected chi connectivity index (χ2v) is 7.18. The van der Waals surface area contributed by atoms with Crippen LogP contribution in [0.1, 0.15) is 16.5 Å². The topological polar surface area (TPSA) is 70.7 Å². The molecule has 2 heterocycles. The van der Waals surface area contributed by atoms with E-state index in [-0.39, 0.29) is 18.4 Å². The second kappa shape index (κ2) is 9.59. The number of hydrogen-bond acceptors (Lipinski definition) is 5. The monoisotopic (exact) mass is 391 g/mol. The average Bonchev–Trinajstić information content (AvgIpc) is 3.22. The van der Waals surface area contributed by atoms with Gasteiger partial charge in [-0.1, -0.05) is 18.2 Å². The van der Waals surface area contributed by atoms with E-state index in [9.17, 15) is 14.0 Å². The Morgan fingerprint density at radius 1 is 1.11 bits per heavy atom. The van der Waals surface area contributed by atoms with Crippen molar-refractivity contribution in [3.8, 4) is 0 Å². The van der Waals surface area contributed by atoms with E-state index in [1.54, 1.807) is 23.5 Å². The Kier molecular flexibility index (Phi) is 6.92. The van der Waals surface area contributed by atoms with E-state index >= 15 is 0 Å². The minimum absolute atomic E-state index is 0.0164. The third kappa shape index (κ3) is 5.59. The largest absolute Gasteiger partial charge is 0.379 e. The predicted octanol–water partition coefficient (Wildman–Crippen LogP) is 1.69. The molecule has 0 unspecified atom stereocenters. The number of amides is 2. The quantitative estimate of drug-likeness (QED) is 0.736. The fraction of sp³-hybridized carbons (Fsp3) is 0.368. The maximum absolute atomic E-state index is 12.9. The van der Waals surface area contributed by atoms with Crippen molar-refractivity contribution in [1.29, 1.82) is 0 Å². The molecule has 1 fully saturated rings. The van der Waals surface area contributed by atoms with Gasteiger partial charge in [0, 0.05) is 31.1 Å². The van der Waals surface area contributed by atoms with E-state index < -0.39 is 11.8 Å². The standard InChI is InChI=1S/C19H22FN3O3S/c20-15-5-3-14(4-6-15)12-21-18(24)19(25)22-13-16(17-2-1-11-27-17)23-7-9-26-10-8-23/h1-6,11,16H,7-10,12-13H2,(H,21,24)(H,22,25)/t16-/m1/s1. The number of rotatable bonds is 6. The summed E-state index contributed by atoms with van der Waals surface area (Å²) in [5.41, 5.74) is 0.724. The molecule has 2 amide bonds. The lowest BCUT2D eigenvalue weighted by atomic mass is 10.2. The predicted molar refractivity (Wildman–Crippen MR) is 101 cm³/mol. The van der Waals surface area contributed by atoms with Crippen LogP contribution in [0.3, 0.4) is 0 Å². The molecule has 1 aliphatic heterocycles. The normalized spacial score (nSPS) is 15.9. The van der Waals surface area contributed by atoms with Crippen molar-refractivity contribution < 1.29 is 18.7 Å². The summed E-state index contributed by atoms with van der Waals surface area (Å²) in [4.78, 5) is 27.6. The highest BCUT2D eigenvalue weighted by atomic mass is 32.1. The molecular weight excluding hydrogens is 369 g/mol. The molecule has 1 aliphatic rings. The number of carbonyl (C=O) groups is 2. The summed E-state index contributed by atoms with van der Waals surface area (Å²) in [6, 6.07) is 9.79. The molecule has 1 aromatic heterocycles. The van der Waals surface area contributed by atoms with Crippen LogP contribution >= 0.6 is 11.3 Å². The number of hydrogen-bond donors (Lipinski definition) is 2. The van der Waals surface area contributed by atoms with Gasteiger partial charge in [-0.15, -0.1) is 11.3 Å². The van der Waals surface area contributed by atoms with E-state index in [4.69, 9.17) is 4.74 Å². The van der Waals surface area contributed by atoms with E-state index in [0.29, 0.717) is 19.8 Å². The summed E-state index contributed by atoms with van der Waals surface area (Å²) in [5, 5.41) is 7.28. The fourth-order valence-corrected chi connectivity index (χ4v) is 3.78. The van der Waals surface area contributed by atoms with E-state index in [1.165, 1.54) is 12.1 Å². The van der Waals surface area contributed by atoms with Crippen LogP contribution in [-0.2, 0) is 20.9 Å². The van der Waals surface area contributed by atoms with Crippen LogP contribution < -0.4 is 10.6 Å². The van der Waals surface area contributed by atoms with Crippen LogP contribution in [-0.4, -0.2) is 49.6 Å². The number of benzene rings is 1. The van der Waals surface area contributed by atoms with E-state index in [0.717, 1.165) is 23.5 Å². The molecule has 0 spiro atoms. The summed E-state index contributed by atoms with van der Waals surface area (Å²) in [5.74, 6) is -1.72. The first kappa shape index (κ1) is 19.5. The summed E-state index contributed by atoms with van der Waals surface area (Å²) in [6.45, 7) is 3.42. The van der Waals surface area contributed by atoms with Gasteiger partial charge in [0.25, 0.3) is 0 Å². The molecule has 27 heavy (non-hydrogen) atoms. The number of carbonyl (C=O) groups excluding carboxylic acids is 2. The highest BCUT2D eigenvalue weighted by molar-refractivity contribution is 7.10. The molecular formula is C19H22FN3O3S. The Balaban J connectivity index is 1.52. The van der Waals surface area contributed by atoms with Gasteiger partial charge in [0.1, 0.15) is 5.82 Å². The second-order valence-electron chi connectivity index (χ2n) is 6.20. The van der Waals surface area contributed by atoms with Gasteiger partial charge in [-0.05, 0) is 29.1 Å². The van der Waals surface area contributed by atoms with Crippen molar-refractivity contribution in [2.24, 2.45) is 0 Å². The molecule has 0 saturated carbocycles. The lowest BCUT2D eigenvalue weighted by Gasteiger charge is -2.34. The van der Waals surface area contributed by atoms with Gasteiger partial charge in [-0.2, -0.15) is 0 Å². The Morgan fingerprint density at radius 3 is 2.48 bits per heavy atom. The van der Waals surface area contributed by atoms with Crippen molar-refractivity contribution in [2.45, 2.75) is 12.6 Å². The molecule has 6 nitrogen and oxygen atoms in total. The van der Waals surface area contributed by atoms with Crippen LogP contribution in [0.15, 0.2) is 41.8 Å². The summed E-state index contributed by atoms with van der Waals surface area (Å²) in [7, 11) is 0. The molecule has 0 bridgehead atoms. The van der Waals surface area contributed by atoms with Gasteiger partial charge >= 0.3 is 11.8 Å². The SMILES string of the molecule is O=C(NCc1ccc(F)cc1)C(=O)NC[C@H](c1cccs1)N1CCOCC1. The van der Waals surface area contributed by atoms with Crippen LogP contribution in [0.25, 0.3) is 0 Å². The van der Waals surface area contributed by atoms with E-state index in [2.05, 4.69) is 15.5 Å². The highest BCUT2D eigenvalue weighted by Crippen LogP contribution is 2.25. The van der Waals surface area contributed by atoms with Crippen LogP contribution in [0.5, 0.6) is 0 Å². The molecule has 0 radical (unpaired) electrons. The zero-order valence-corrected chi connectivity index (χ0v) is 15.6. The molecule has 1 saturated heterocycles. The molecule has 144 valence electrons. The van der Waals surface area contributed by atoms with Crippen LogP contribution in [0, 0.1) is 5.82 Å². The first-order chi connectivity index (χ1) is 13.1. The zero-order chi connectivity index (χ0) is 19.1. The Labute approximate surface area is 161 Å². The minimum Gasteiger partial charge on any atom is -0.379 e. The third-order valence-electron chi connectivity index (χ3n) is 4.39. The number of halogens is 1. The smallest absolute Gasteiger partial charge is 0.309 e. The zero-order valence-electron chi connectivity index (χ0n) is 14.8. The molecule has 1 aromatic carbocycles. The Hall–Kier alpha value is -2.29. The lowest BCUT2D eigenvalue weighted by molar-refractivity contribution is -0.139. The molecule has 2 aromatic rings. The van der Waals surface area contributed by atoms with Crippen molar-refractivity contribution in [1.82, 2.24) is 15.5 Å². The Bertz CT molecular complexity index is 746. The molecule has 1 atom stereocenters. The Morgan fingerprint density at radius 2 is 1.81 bits per heavy atom. The maximum atomic E-state index is 12.9. The van der Waals surface area contributed by atoms with Gasteiger partial charge in [-0.25, -0.2) is 4.39 Å². The average molecular weight is 391 g/mol. The number of nitrogens with zero attached hydrogens (tertiary/aromatic N) is 1. The van der Waals surface area contributed by atoms with Crippen molar-refractivity contribution >= 4 is 23.2 Å². The van der Waals surface area contributed by atoms with Gasteiger partial charge in [0.2, 0.25) is 0 Å². The minimum atomic E-state index is -0.703. The third-order valence-corrected chi connectivity index (χ3v) is 5.36. The van der Waals surface area contributed by atoms with Crippen molar-refractivity contribution in [3.63, 3.8) is 0 Å². The first-order valence-electron chi connectivity index (χ1n) is 8.79. The number of thiophene rings is 1. The molecule has 8 heteroatoms. The van der Waals surface area contributed by atoms with Gasteiger partial charge in [0.05, 0.1) is 19.3 Å². The summed E-state index contributed by atoms with van der Waals surface area (Å²) < 4.78 is 18.3. The van der Waals surface area contributed by atoms with Crippen molar-refractivity contribution in [3.05, 3.63) is 58.0 Å². The maximum Gasteiger partial charge on any atom is 0.309 e. The molecule has 0 aliphatic carbocycles. The lowest BCUT2D eigenvalue weighted by Crippen LogP contribution is -2.46. The van der Waals surface area contributed by atoms with Crippen molar-refractivity contribution in [2.75, 3.05) is 32.8 Å². The van der Waals surface area contributed by atoms with Gasteiger partial charge < -0.3 is 15.4 Å². The number of ether oxygens (including phenoxy) is 1. The van der Waals surface area contributed by atoms with Gasteiger partial charge in [0.15, 0.2) is 0 Å². The van der Waals surface area contributed by atoms with Crippen LogP contribution in [0.4, 0.5) is 4.39 Å². The van der Waals surface area contributed by atoms with E-state index in [1.807, 2.05) is 17.5 Å². The summed E-state index contributed by atoms with van der Waals surface area (Å²) in [6.07, 6.45) is 0. The molecule has 3 rings (SSSR count). The van der Waals surface area contributed by atoms with Gasteiger partial charge in [-0.3, -0.25) is 14.5 Å². The highest BCUT2D eigenvalue weighted by Gasteiger charge is 2.25. The van der Waals surface area contributed by atoms with Crippen LogP contribution in [0.2, 0.25) is 0 Å². The molecule has 2 N–H and O–H groups in total. The number of nitrogens with one attached hydrogen (secondary N) is 2. The summed E-state index contributed by atoms with van der Waals surface area (Å²) >= 11 is 1.63.